The van der Waals surface area contributed by atoms with E-state index in [0.717, 1.165) is 46.9 Å². The van der Waals surface area contributed by atoms with Gasteiger partial charge < -0.3 is 39.7 Å². The molecule has 0 amide bonds. The van der Waals surface area contributed by atoms with Gasteiger partial charge in [0.25, 0.3) is 0 Å². The molecule has 168 valence electrons. The molecule has 0 bridgehead atoms. The zero-order valence-corrected chi connectivity index (χ0v) is 23.5. The summed E-state index contributed by atoms with van der Waals surface area (Å²) < 4.78 is 0.724. The first-order chi connectivity index (χ1) is 13.4. The summed E-state index contributed by atoms with van der Waals surface area (Å²) in [4.78, 5) is 9.61. The second-order valence-corrected chi connectivity index (χ2v) is 7.75. The molecule has 0 saturated carbocycles. The van der Waals surface area contributed by atoms with Crippen LogP contribution in [0.5, 0.6) is 0 Å². The van der Waals surface area contributed by atoms with Crippen molar-refractivity contribution in [1.29, 1.82) is 0 Å². The Bertz CT molecular complexity index is 898. The monoisotopic (exact) mass is 635 g/mol. The van der Waals surface area contributed by atoms with Gasteiger partial charge in [0.05, 0.1) is 17.9 Å². The number of pyridine rings is 2. The molecule has 0 aliphatic carbocycles. The van der Waals surface area contributed by atoms with Gasteiger partial charge in [-0.2, -0.15) is 0 Å². The number of halogens is 2. The normalized spacial score (nSPS) is 10.5. The van der Waals surface area contributed by atoms with Gasteiger partial charge in [-0.1, -0.05) is 30.3 Å². The molecule has 3 aromatic rings. The van der Waals surface area contributed by atoms with Crippen molar-refractivity contribution >= 4 is 5.69 Å². The molecule has 0 fully saturated rings. The predicted octanol–water partition coefficient (Wildman–Crippen LogP) is -1.62. The number of aryl methyl sites for hydroxylation is 4. The molecule has 0 unspecified atom stereocenters. The van der Waals surface area contributed by atoms with Crippen molar-refractivity contribution in [2.75, 3.05) is 13.1 Å². The van der Waals surface area contributed by atoms with Gasteiger partial charge in [-0.15, -0.1) is 0 Å². The quantitative estimate of drug-likeness (QED) is 0.251. The van der Waals surface area contributed by atoms with Crippen LogP contribution in [0, 0.1) is 27.7 Å². The Labute approximate surface area is 220 Å². The van der Waals surface area contributed by atoms with E-state index in [9.17, 15) is 0 Å². The molecule has 0 saturated heterocycles. The van der Waals surface area contributed by atoms with Gasteiger partial charge in [0.2, 0.25) is 0 Å². The van der Waals surface area contributed by atoms with E-state index in [1.165, 1.54) is 16.8 Å². The molecule has 0 aliphatic heterocycles. The zero-order valence-electron chi connectivity index (χ0n) is 18.6. The topological polar surface area (TPSA) is 51.8 Å². The van der Waals surface area contributed by atoms with Crippen LogP contribution in [-0.2, 0) is 32.6 Å². The van der Waals surface area contributed by atoms with Crippen LogP contribution in [0.15, 0.2) is 54.6 Å². The number of para-hydroxylation sites is 1. The number of rotatable bonds is 7. The van der Waals surface area contributed by atoms with Crippen LogP contribution in [0.3, 0.4) is 0 Å². The molecule has 0 radical (unpaired) electrons. The fourth-order valence-electron chi connectivity index (χ4n) is 4.28. The Hall–Kier alpha value is -0.977. The van der Waals surface area contributed by atoms with Crippen LogP contribution in [0.2, 0.25) is 0 Å². The predicted molar refractivity (Wildman–Crippen MR) is 117 cm³/mol. The molecule has 31 heavy (non-hydrogen) atoms. The molecule has 3 rings (SSSR count). The molecular formula is C24H31Br2N4Ru+. The Morgan fingerprint density at radius 3 is 1.52 bits per heavy atom. The van der Waals surface area contributed by atoms with Crippen molar-refractivity contribution in [2.45, 2.75) is 40.8 Å². The number of benzene rings is 1. The molecular weight excluding hydrogens is 605 g/mol. The van der Waals surface area contributed by atoms with E-state index in [0.29, 0.717) is 6.54 Å². The SMILES string of the molecule is Cc1cccc(C[N+](CCN)(Cc2cccc(C)n2)c2c(C)cccc2C)n1.[Br-].[Br-].[Ru+2]. The minimum absolute atomic E-state index is 0. The second kappa shape index (κ2) is 13.5. The molecule has 0 atom stereocenters. The van der Waals surface area contributed by atoms with Gasteiger partial charge in [-0.3, -0.25) is 14.5 Å². The number of aromatic nitrogens is 2. The summed E-state index contributed by atoms with van der Waals surface area (Å²) in [7, 11) is 0. The largest absolute Gasteiger partial charge is 2.00 e. The molecule has 0 aliphatic rings. The number of nitrogens with zero attached hydrogens (tertiary/aromatic N) is 3. The Kier molecular flexibility index (Phi) is 13.1. The van der Waals surface area contributed by atoms with Crippen molar-refractivity contribution in [2.24, 2.45) is 5.73 Å². The molecule has 7 heteroatoms. The molecule has 2 aromatic heterocycles. The average molecular weight is 636 g/mol. The third kappa shape index (κ3) is 7.54. The van der Waals surface area contributed by atoms with Crippen molar-refractivity contribution in [3.05, 3.63) is 88.5 Å². The number of hydrogen-bond acceptors (Lipinski definition) is 3. The van der Waals surface area contributed by atoms with E-state index in [1.54, 1.807) is 0 Å². The van der Waals surface area contributed by atoms with Crippen LogP contribution >= 0.6 is 0 Å². The van der Waals surface area contributed by atoms with Crippen LogP contribution in [-0.4, -0.2) is 23.1 Å². The van der Waals surface area contributed by atoms with Gasteiger partial charge in [-0.25, -0.2) is 0 Å². The summed E-state index contributed by atoms with van der Waals surface area (Å²) >= 11 is 0. The maximum atomic E-state index is 6.16. The van der Waals surface area contributed by atoms with Gasteiger partial charge >= 0.3 is 19.5 Å². The van der Waals surface area contributed by atoms with E-state index in [-0.39, 0.29) is 53.4 Å². The Morgan fingerprint density at radius 2 is 1.13 bits per heavy atom. The molecule has 0 spiro atoms. The minimum Gasteiger partial charge on any atom is -1.00 e. The van der Waals surface area contributed by atoms with Gasteiger partial charge in [0.15, 0.2) is 0 Å². The summed E-state index contributed by atoms with van der Waals surface area (Å²) in [5, 5.41) is 0. The fourth-order valence-corrected chi connectivity index (χ4v) is 4.28. The molecule has 2 heterocycles. The van der Waals surface area contributed by atoms with E-state index in [1.807, 2.05) is 26.0 Å². The second-order valence-electron chi connectivity index (χ2n) is 7.75. The van der Waals surface area contributed by atoms with Gasteiger partial charge in [0, 0.05) is 29.1 Å². The standard InChI is InChI=1S/C24H31N4.2BrH.Ru/c1-18-8-5-9-19(2)24(18)28(15-14-25,16-22-12-6-10-20(3)26-22)17-23-13-7-11-21(4)27-23;;;/h5-13H,14-17,25H2,1-4H3;2*1H;/q+1;;;+2/p-2. The zero-order chi connectivity index (χ0) is 20.1. The first-order valence-corrected chi connectivity index (χ1v) is 9.91. The summed E-state index contributed by atoms with van der Waals surface area (Å²) in [6, 6.07) is 19.0. The summed E-state index contributed by atoms with van der Waals surface area (Å²) in [5.41, 5.74) is 14.3. The molecule has 2 N–H and O–H groups in total. The van der Waals surface area contributed by atoms with E-state index >= 15 is 0 Å². The Morgan fingerprint density at radius 1 is 0.710 bits per heavy atom. The summed E-state index contributed by atoms with van der Waals surface area (Å²) in [6.07, 6.45) is 0. The summed E-state index contributed by atoms with van der Waals surface area (Å²) in [5.74, 6) is 0. The van der Waals surface area contributed by atoms with Crippen LogP contribution in [0.4, 0.5) is 5.69 Å². The average Bonchev–Trinajstić information content (AvgIpc) is 2.62. The Balaban J connectivity index is 0.00000300. The van der Waals surface area contributed by atoms with Crippen LogP contribution in [0.25, 0.3) is 0 Å². The third-order valence-corrected chi connectivity index (χ3v) is 5.29. The minimum atomic E-state index is 0. The fraction of sp³-hybridized carbons (Fsp3) is 0.333. The first kappa shape index (κ1) is 30.0. The van der Waals surface area contributed by atoms with E-state index in [2.05, 4.69) is 56.3 Å². The summed E-state index contributed by atoms with van der Waals surface area (Å²) in [6.45, 7) is 11.5. The smallest absolute Gasteiger partial charge is 1.00 e. The first-order valence-electron chi connectivity index (χ1n) is 9.91. The van der Waals surface area contributed by atoms with Crippen molar-refractivity contribution in [3.63, 3.8) is 0 Å². The molecule has 1 aromatic carbocycles. The maximum absolute atomic E-state index is 6.16. The van der Waals surface area contributed by atoms with Crippen LogP contribution < -0.4 is 44.2 Å². The number of hydrogen-bond donors (Lipinski definition) is 1. The van der Waals surface area contributed by atoms with Gasteiger partial charge in [-0.05, 0) is 52.0 Å². The number of nitrogens with two attached hydrogens (primary N) is 1. The van der Waals surface area contributed by atoms with E-state index < -0.39 is 0 Å². The van der Waals surface area contributed by atoms with Crippen LogP contribution in [0.1, 0.15) is 33.9 Å². The van der Waals surface area contributed by atoms with Crippen molar-refractivity contribution < 1.29 is 53.4 Å². The number of quaternary nitrogens is 1. The molecule has 4 nitrogen and oxygen atoms in total. The van der Waals surface area contributed by atoms with Crippen molar-refractivity contribution in [1.82, 2.24) is 14.5 Å². The van der Waals surface area contributed by atoms with E-state index in [4.69, 9.17) is 15.7 Å². The van der Waals surface area contributed by atoms with Crippen molar-refractivity contribution in [3.8, 4) is 0 Å². The maximum Gasteiger partial charge on any atom is 2.00 e. The van der Waals surface area contributed by atoms with Gasteiger partial charge in [0.1, 0.15) is 18.8 Å². The third-order valence-electron chi connectivity index (χ3n) is 5.29.